The van der Waals surface area contributed by atoms with Gasteiger partial charge in [0.25, 0.3) is 0 Å². The maximum atomic E-state index is 11.2. The van der Waals surface area contributed by atoms with E-state index in [0.29, 0.717) is 24.3 Å². The average molecular weight is 451 g/mol. The molecule has 8 N–H and O–H groups in total. The first-order chi connectivity index (χ1) is 15.4. The molecule has 4 rings (SSSR count). The van der Waals surface area contributed by atoms with E-state index in [1.807, 2.05) is 0 Å². The first-order valence-corrected chi connectivity index (χ1v) is 10.7. The fraction of sp³-hybridized carbons (Fsp3) is 0.684. The number of anilines is 1. The second-order valence-electron chi connectivity index (χ2n) is 8.36. The van der Waals surface area contributed by atoms with E-state index >= 15 is 0 Å². The van der Waals surface area contributed by atoms with E-state index < -0.39 is 36.6 Å². The van der Waals surface area contributed by atoms with Crippen molar-refractivity contribution in [2.75, 3.05) is 31.9 Å². The van der Waals surface area contributed by atoms with Crippen molar-refractivity contribution in [1.82, 2.24) is 29.7 Å². The number of aliphatic hydroxyl groups excluding tert-OH is 2. The Morgan fingerprint density at radius 1 is 1.34 bits per heavy atom. The summed E-state index contributed by atoms with van der Waals surface area (Å²) in [6.45, 7) is 2.43. The van der Waals surface area contributed by atoms with Crippen LogP contribution in [0.4, 0.5) is 5.82 Å². The van der Waals surface area contributed by atoms with E-state index in [-0.39, 0.29) is 18.3 Å². The molecule has 2 aliphatic rings. The zero-order chi connectivity index (χ0) is 22.8. The summed E-state index contributed by atoms with van der Waals surface area (Å²) in [5.74, 6) is -0.836. The molecule has 2 saturated heterocycles. The third-order valence-corrected chi connectivity index (χ3v) is 6.24. The van der Waals surface area contributed by atoms with Crippen LogP contribution in [0.25, 0.3) is 11.2 Å². The molecule has 2 fully saturated rings. The topological polar surface area (TPSA) is 198 Å². The molecular formula is C19H30N8O5. The number of nitrogens with two attached hydrogens (primary N) is 2. The number of carbonyl (C=O) groups is 1. The summed E-state index contributed by atoms with van der Waals surface area (Å²) in [5, 5.41) is 33.9. The maximum absolute atomic E-state index is 11.2. The Morgan fingerprint density at radius 2 is 2.16 bits per heavy atom. The first kappa shape index (κ1) is 22.8. The highest BCUT2D eigenvalue weighted by Gasteiger charge is 2.45. The number of imidazole rings is 1. The number of hydrogen-bond acceptors (Lipinski definition) is 11. The highest BCUT2D eigenvalue weighted by molar-refractivity contribution is 5.81. The lowest BCUT2D eigenvalue weighted by atomic mass is 10.0. The van der Waals surface area contributed by atoms with E-state index in [1.54, 1.807) is 0 Å². The number of fused-ring (bicyclic) bond motifs is 1. The fourth-order valence-corrected chi connectivity index (χ4v) is 4.39. The highest BCUT2D eigenvalue weighted by atomic mass is 16.6. The molecule has 2 aliphatic heterocycles. The molecule has 0 spiro atoms. The largest absolute Gasteiger partial charge is 0.480 e. The summed E-state index contributed by atoms with van der Waals surface area (Å²) in [7, 11) is 0. The predicted octanol–water partition coefficient (Wildman–Crippen LogP) is -2.12. The summed E-state index contributed by atoms with van der Waals surface area (Å²) >= 11 is 0. The van der Waals surface area contributed by atoms with Crippen molar-refractivity contribution in [3.05, 3.63) is 12.7 Å². The molecule has 4 heterocycles. The molecule has 0 amide bonds. The molecule has 0 aromatic carbocycles. The summed E-state index contributed by atoms with van der Waals surface area (Å²) in [6, 6.07) is -0.817. The summed E-state index contributed by atoms with van der Waals surface area (Å²) < 4.78 is 7.60. The minimum Gasteiger partial charge on any atom is -0.480 e. The van der Waals surface area contributed by atoms with Crippen LogP contribution in [0.15, 0.2) is 12.7 Å². The van der Waals surface area contributed by atoms with Crippen LogP contribution in [0.2, 0.25) is 0 Å². The van der Waals surface area contributed by atoms with Crippen LogP contribution in [0.1, 0.15) is 25.5 Å². The number of aromatic nitrogens is 4. The summed E-state index contributed by atoms with van der Waals surface area (Å²) in [6.07, 6.45) is 0.993. The van der Waals surface area contributed by atoms with Gasteiger partial charge in [-0.25, -0.2) is 15.0 Å². The lowest BCUT2D eigenvalue weighted by molar-refractivity contribution is -0.138. The molecule has 0 saturated carbocycles. The van der Waals surface area contributed by atoms with Crippen LogP contribution in [0.5, 0.6) is 0 Å². The third-order valence-electron chi connectivity index (χ3n) is 6.24. The Kier molecular flexibility index (Phi) is 6.83. The molecule has 0 radical (unpaired) electrons. The normalized spacial score (nSPS) is 29.6. The van der Waals surface area contributed by atoms with E-state index in [9.17, 15) is 15.0 Å². The van der Waals surface area contributed by atoms with Crippen LogP contribution in [-0.4, -0.2) is 102 Å². The number of aliphatic hydroxyl groups is 2. The van der Waals surface area contributed by atoms with E-state index in [0.717, 1.165) is 25.9 Å². The Morgan fingerprint density at radius 3 is 2.88 bits per heavy atom. The molecule has 176 valence electrons. The van der Waals surface area contributed by atoms with Crippen LogP contribution in [-0.2, 0) is 9.53 Å². The molecule has 2 aromatic heterocycles. The standard InChI is InChI=1S/C19H30N8O5/c20-11(19(30)31)3-5-26(10-2-1-4-22-6-10)7-12-14(28)15(29)18(32-12)27-9-25-13-16(21)23-8-24-17(13)27/h8-12,14-15,18,22,28-29H,1-7,20H2,(H,30,31)(H2,21,23,24)/t10?,11-,12+,14+,15+,18+/m0/s1. The van der Waals surface area contributed by atoms with Gasteiger partial charge in [0.2, 0.25) is 0 Å². The Balaban J connectivity index is 1.50. The number of carboxylic acids is 1. The fourth-order valence-electron chi connectivity index (χ4n) is 4.39. The van der Waals surface area contributed by atoms with Gasteiger partial charge < -0.3 is 36.8 Å². The van der Waals surface area contributed by atoms with Crippen molar-refractivity contribution in [2.24, 2.45) is 5.73 Å². The van der Waals surface area contributed by atoms with Gasteiger partial charge in [0.05, 0.1) is 6.33 Å². The number of carboxylic acid groups (broad SMARTS) is 1. The average Bonchev–Trinajstić information content (AvgIpc) is 3.34. The zero-order valence-electron chi connectivity index (χ0n) is 17.6. The number of rotatable bonds is 8. The van der Waals surface area contributed by atoms with Crippen molar-refractivity contribution < 1.29 is 24.9 Å². The third kappa shape index (κ3) is 4.53. The van der Waals surface area contributed by atoms with Crippen LogP contribution in [0, 0.1) is 0 Å². The number of hydrogen-bond donors (Lipinski definition) is 6. The van der Waals surface area contributed by atoms with E-state index in [4.69, 9.17) is 21.3 Å². The summed E-state index contributed by atoms with van der Waals surface area (Å²) in [5.41, 5.74) is 12.3. The van der Waals surface area contributed by atoms with E-state index in [1.165, 1.54) is 17.2 Å². The van der Waals surface area contributed by atoms with Gasteiger partial charge in [0.1, 0.15) is 36.2 Å². The summed E-state index contributed by atoms with van der Waals surface area (Å²) in [4.78, 5) is 25.5. The molecule has 0 aliphatic carbocycles. The monoisotopic (exact) mass is 450 g/mol. The van der Waals surface area contributed by atoms with Crippen molar-refractivity contribution in [3.8, 4) is 0 Å². The molecule has 2 aromatic rings. The molecule has 0 bridgehead atoms. The van der Waals surface area contributed by atoms with Crippen molar-refractivity contribution >= 4 is 23.0 Å². The van der Waals surface area contributed by atoms with Crippen LogP contribution >= 0.6 is 0 Å². The van der Waals surface area contributed by atoms with Crippen molar-refractivity contribution in [3.63, 3.8) is 0 Å². The number of aliphatic carboxylic acids is 1. The van der Waals surface area contributed by atoms with Gasteiger partial charge in [-0.05, 0) is 25.8 Å². The second-order valence-corrected chi connectivity index (χ2v) is 8.36. The van der Waals surface area contributed by atoms with Gasteiger partial charge >= 0.3 is 5.97 Å². The molecule has 1 unspecified atom stereocenters. The van der Waals surface area contributed by atoms with Gasteiger partial charge in [0.15, 0.2) is 17.7 Å². The highest BCUT2D eigenvalue weighted by Crippen LogP contribution is 2.32. The SMILES string of the molecule is Nc1ncnc2c1ncn2[C@@H]1O[C@H](CN(CC[C@H](N)C(=O)O)C2CCCNC2)[C@@H](O)[C@H]1O. The van der Waals surface area contributed by atoms with E-state index in [2.05, 4.69) is 25.2 Å². The number of nitrogens with zero attached hydrogens (tertiary/aromatic N) is 5. The van der Waals surface area contributed by atoms with Crippen molar-refractivity contribution in [1.29, 1.82) is 0 Å². The van der Waals surface area contributed by atoms with Crippen LogP contribution in [0.3, 0.4) is 0 Å². The Bertz CT molecular complexity index is 936. The Labute approximate surface area is 184 Å². The first-order valence-electron chi connectivity index (χ1n) is 10.7. The lowest BCUT2D eigenvalue weighted by Crippen LogP contribution is -2.51. The second kappa shape index (κ2) is 9.60. The molecule has 13 heteroatoms. The van der Waals surface area contributed by atoms with Crippen molar-refractivity contribution in [2.45, 2.75) is 55.9 Å². The van der Waals surface area contributed by atoms with Gasteiger partial charge in [-0.1, -0.05) is 0 Å². The molecule has 6 atom stereocenters. The number of ether oxygens (including phenoxy) is 1. The minimum absolute atomic E-state index is 0.151. The zero-order valence-corrected chi connectivity index (χ0v) is 17.6. The molecule has 32 heavy (non-hydrogen) atoms. The molecule has 13 nitrogen and oxygen atoms in total. The minimum atomic E-state index is -1.21. The van der Waals surface area contributed by atoms with Gasteiger partial charge in [-0.15, -0.1) is 0 Å². The Hall–Kier alpha value is -2.42. The van der Waals surface area contributed by atoms with Gasteiger partial charge in [-0.2, -0.15) is 0 Å². The van der Waals surface area contributed by atoms with Crippen LogP contribution < -0.4 is 16.8 Å². The predicted molar refractivity (Wildman–Crippen MR) is 113 cm³/mol. The quantitative estimate of drug-likeness (QED) is 0.256. The molecular weight excluding hydrogens is 420 g/mol. The van der Waals surface area contributed by atoms with Gasteiger partial charge in [0, 0.05) is 25.7 Å². The number of piperidine rings is 1. The lowest BCUT2D eigenvalue weighted by Gasteiger charge is -2.36. The number of nitrogens with one attached hydrogen (secondary N) is 1. The maximum Gasteiger partial charge on any atom is 0.320 e. The number of nitrogen functional groups attached to an aromatic ring is 1. The van der Waals surface area contributed by atoms with Gasteiger partial charge in [-0.3, -0.25) is 14.3 Å². The smallest absolute Gasteiger partial charge is 0.320 e.